The molecule has 0 saturated carbocycles. The van der Waals surface area contributed by atoms with Crippen LogP contribution in [0.15, 0.2) is 18.2 Å². The van der Waals surface area contributed by atoms with Crippen LogP contribution in [0, 0.1) is 0 Å². The average molecular weight is 218 g/mol. The van der Waals surface area contributed by atoms with E-state index >= 15 is 0 Å². The van der Waals surface area contributed by atoms with Crippen LogP contribution in [0.1, 0.15) is 11.1 Å². The lowest BCUT2D eigenvalue weighted by Gasteiger charge is -2.17. The van der Waals surface area contributed by atoms with Crippen molar-refractivity contribution in [3.63, 3.8) is 0 Å². The van der Waals surface area contributed by atoms with Gasteiger partial charge in [-0.3, -0.25) is 0 Å². The number of sulfonamides is 1. The highest BCUT2D eigenvalue weighted by molar-refractivity contribution is 7.88. The average Bonchev–Trinajstić information content (AvgIpc) is 2.06. The Morgan fingerprint density at radius 1 is 1.38 bits per heavy atom. The molecule has 0 amide bonds. The third-order valence-electron chi connectivity index (χ3n) is 2.03. The van der Waals surface area contributed by atoms with Crippen molar-refractivity contribution in [2.24, 2.45) is 0 Å². The van der Waals surface area contributed by atoms with Gasteiger partial charge in [0.2, 0.25) is 10.0 Å². The van der Waals surface area contributed by atoms with E-state index in [4.69, 9.17) is 11.6 Å². The van der Waals surface area contributed by atoms with E-state index < -0.39 is 10.0 Å². The number of rotatable bonds is 0. The van der Waals surface area contributed by atoms with Crippen LogP contribution in [0.2, 0.25) is 5.02 Å². The molecule has 0 saturated heterocycles. The highest BCUT2D eigenvalue weighted by Crippen LogP contribution is 2.25. The molecule has 0 spiro atoms. The molecule has 5 heteroatoms. The molecule has 0 aliphatic carbocycles. The second-order valence-corrected chi connectivity index (χ2v) is 5.17. The van der Waals surface area contributed by atoms with Gasteiger partial charge in [0.1, 0.15) is 0 Å². The first-order valence-electron chi connectivity index (χ1n) is 3.82. The van der Waals surface area contributed by atoms with Crippen molar-refractivity contribution in [3.8, 4) is 0 Å². The van der Waals surface area contributed by atoms with E-state index in [0.29, 0.717) is 11.6 Å². The molecule has 0 atom stereocenters. The van der Waals surface area contributed by atoms with Crippen LogP contribution in [0.5, 0.6) is 0 Å². The Kier molecular flexibility index (Phi) is 2.06. The second-order valence-electron chi connectivity index (χ2n) is 2.96. The molecule has 2 rings (SSSR count). The molecule has 0 bridgehead atoms. The molecule has 3 nitrogen and oxygen atoms in total. The molecular weight excluding hydrogens is 210 g/mol. The van der Waals surface area contributed by atoms with Crippen molar-refractivity contribution in [2.75, 3.05) is 0 Å². The zero-order chi connectivity index (χ0) is 9.47. The van der Waals surface area contributed by atoms with E-state index in [1.807, 2.05) is 12.1 Å². The molecule has 1 heterocycles. The van der Waals surface area contributed by atoms with Crippen molar-refractivity contribution in [1.82, 2.24) is 4.72 Å². The summed E-state index contributed by atoms with van der Waals surface area (Å²) in [6.45, 7) is 0.345. The molecule has 0 aromatic heterocycles. The van der Waals surface area contributed by atoms with Gasteiger partial charge in [0, 0.05) is 11.6 Å². The summed E-state index contributed by atoms with van der Waals surface area (Å²) < 4.78 is 24.8. The van der Waals surface area contributed by atoms with Gasteiger partial charge < -0.3 is 0 Å². The van der Waals surface area contributed by atoms with Gasteiger partial charge in [0.25, 0.3) is 0 Å². The van der Waals surface area contributed by atoms with Gasteiger partial charge in [-0.2, -0.15) is 0 Å². The Morgan fingerprint density at radius 3 is 2.92 bits per heavy atom. The van der Waals surface area contributed by atoms with Crippen LogP contribution in [0.4, 0.5) is 0 Å². The van der Waals surface area contributed by atoms with E-state index in [2.05, 4.69) is 4.72 Å². The Hall–Kier alpha value is -0.580. The van der Waals surface area contributed by atoms with Gasteiger partial charge in [-0.25, -0.2) is 13.1 Å². The SMILES string of the molecule is O=S1(=O)Cc2c(Cl)cccc2CN1. The lowest BCUT2D eigenvalue weighted by atomic mass is 10.1. The molecule has 70 valence electrons. The number of benzene rings is 1. The summed E-state index contributed by atoms with van der Waals surface area (Å²) >= 11 is 5.88. The molecular formula is C8H8ClNO2S. The molecule has 0 fully saturated rings. The highest BCUT2D eigenvalue weighted by Gasteiger charge is 2.21. The Labute approximate surface area is 81.8 Å². The summed E-state index contributed by atoms with van der Waals surface area (Å²) in [4.78, 5) is 0. The van der Waals surface area contributed by atoms with Crippen LogP contribution in [0.25, 0.3) is 0 Å². The number of halogens is 1. The largest absolute Gasteiger partial charge is 0.216 e. The Morgan fingerprint density at radius 2 is 2.15 bits per heavy atom. The summed E-state index contributed by atoms with van der Waals surface area (Å²) in [6.07, 6.45) is 0. The minimum Gasteiger partial charge on any atom is -0.212 e. The first-order valence-corrected chi connectivity index (χ1v) is 5.85. The van der Waals surface area contributed by atoms with Crippen molar-refractivity contribution in [2.45, 2.75) is 12.3 Å². The molecule has 1 aromatic carbocycles. The first-order chi connectivity index (χ1) is 6.08. The smallest absolute Gasteiger partial charge is 0.212 e. The van der Waals surface area contributed by atoms with Crippen molar-refractivity contribution >= 4 is 21.6 Å². The third kappa shape index (κ3) is 1.70. The van der Waals surface area contributed by atoms with Crippen molar-refractivity contribution < 1.29 is 8.42 Å². The van der Waals surface area contributed by atoms with Crippen LogP contribution in [-0.2, 0) is 22.3 Å². The summed E-state index contributed by atoms with van der Waals surface area (Å²) in [5.74, 6) is -0.0119. The lowest BCUT2D eigenvalue weighted by molar-refractivity contribution is 0.575. The number of hydrogen-bond donors (Lipinski definition) is 1. The van der Waals surface area contributed by atoms with E-state index in [9.17, 15) is 8.42 Å². The normalized spacial score (nSPS) is 19.5. The fourth-order valence-electron chi connectivity index (χ4n) is 1.36. The summed E-state index contributed by atoms with van der Waals surface area (Å²) in [5.41, 5.74) is 1.69. The summed E-state index contributed by atoms with van der Waals surface area (Å²) in [7, 11) is -3.15. The molecule has 0 unspecified atom stereocenters. The molecule has 13 heavy (non-hydrogen) atoms. The fourth-order valence-corrected chi connectivity index (χ4v) is 2.90. The maximum absolute atomic E-state index is 11.2. The van der Waals surface area contributed by atoms with Gasteiger partial charge in [-0.05, 0) is 17.2 Å². The van der Waals surface area contributed by atoms with Crippen LogP contribution >= 0.6 is 11.6 Å². The van der Waals surface area contributed by atoms with Gasteiger partial charge >= 0.3 is 0 Å². The first kappa shape index (κ1) is 8.99. The van der Waals surface area contributed by atoms with Gasteiger partial charge in [0.15, 0.2) is 0 Å². The zero-order valence-electron chi connectivity index (χ0n) is 6.75. The monoisotopic (exact) mass is 217 g/mol. The molecule has 1 aromatic rings. The maximum atomic E-state index is 11.2. The molecule has 1 aliphatic heterocycles. The van der Waals surface area contributed by atoms with Gasteiger partial charge in [-0.15, -0.1) is 0 Å². The summed E-state index contributed by atoms with van der Waals surface area (Å²) in [5, 5.41) is 0.530. The molecule has 0 radical (unpaired) electrons. The highest BCUT2D eigenvalue weighted by atomic mass is 35.5. The third-order valence-corrected chi connectivity index (χ3v) is 3.64. The maximum Gasteiger partial charge on any atom is 0.216 e. The van der Waals surface area contributed by atoms with Gasteiger partial charge in [-0.1, -0.05) is 23.7 Å². The topological polar surface area (TPSA) is 46.2 Å². The number of fused-ring (bicyclic) bond motifs is 1. The van der Waals surface area contributed by atoms with E-state index in [1.54, 1.807) is 6.07 Å². The zero-order valence-corrected chi connectivity index (χ0v) is 8.32. The van der Waals surface area contributed by atoms with E-state index in [-0.39, 0.29) is 5.75 Å². The van der Waals surface area contributed by atoms with Crippen LogP contribution in [0.3, 0.4) is 0 Å². The number of hydrogen-bond acceptors (Lipinski definition) is 2. The standard InChI is InChI=1S/C8H8ClNO2S/c9-8-3-1-2-6-4-10-13(11,12)5-7(6)8/h1-3,10H,4-5H2. The lowest BCUT2D eigenvalue weighted by Crippen LogP contribution is -2.30. The van der Waals surface area contributed by atoms with Crippen molar-refractivity contribution in [1.29, 1.82) is 0 Å². The second kappa shape index (κ2) is 2.97. The van der Waals surface area contributed by atoms with E-state index in [0.717, 1.165) is 11.1 Å². The molecule has 1 N–H and O–H groups in total. The predicted octanol–water partition coefficient (Wildman–Crippen LogP) is 1.27. The molecule has 1 aliphatic rings. The minimum absolute atomic E-state index is 0.0119. The minimum atomic E-state index is -3.15. The van der Waals surface area contributed by atoms with Crippen LogP contribution < -0.4 is 4.72 Å². The fraction of sp³-hybridized carbons (Fsp3) is 0.250. The number of nitrogens with one attached hydrogen (secondary N) is 1. The quantitative estimate of drug-likeness (QED) is 0.712. The van der Waals surface area contributed by atoms with E-state index in [1.165, 1.54) is 0 Å². The van der Waals surface area contributed by atoms with Crippen molar-refractivity contribution in [3.05, 3.63) is 34.3 Å². The van der Waals surface area contributed by atoms with Gasteiger partial charge in [0.05, 0.1) is 5.75 Å². The Balaban J connectivity index is 2.56. The van der Waals surface area contributed by atoms with Crippen LogP contribution in [-0.4, -0.2) is 8.42 Å². The Bertz CT molecular complexity index is 441. The predicted molar refractivity (Wildman–Crippen MR) is 50.9 cm³/mol. The summed E-state index contributed by atoms with van der Waals surface area (Å²) in [6, 6.07) is 5.41.